The third-order valence-corrected chi connectivity index (χ3v) is 5.50. The summed E-state index contributed by atoms with van der Waals surface area (Å²) in [5, 5.41) is 0.745. The molecule has 0 aliphatic rings. The van der Waals surface area contributed by atoms with Crippen LogP contribution in [0.3, 0.4) is 0 Å². The number of benzene rings is 3. The molecule has 0 aliphatic heterocycles. The Labute approximate surface area is 182 Å². The molecule has 0 saturated heterocycles. The van der Waals surface area contributed by atoms with Crippen molar-refractivity contribution in [1.82, 2.24) is 9.55 Å². The molecule has 5 heteroatoms. The third-order valence-electron chi connectivity index (χ3n) is 5.08. The molecule has 0 bridgehead atoms. The van der Waals surface area contributed by atoms with Crippen LogP contribution in [0.5, 0.6) is 11.5 Å². The fraction of sp³-hybridized carbons (Fsp3) is 0.240. The number of rotatable bonds is 8. The van der Waals surface area contributed by atoms with Crippen LogP contribution in [-0.4, -0.2) is 16.2 Å². The molecule has 0 fully saturated rings. The van der Waals surface area contributed by atoms with Crippen LogP contribution in [0, 0.1) is 6.92 Å². The Morgan fingerprint density at radius 3 is 2.50 bits per heavy atom. The smallest absolute Gasteiger partial charge is 0.156 e. The molecule has 0 spiro atoms. The lowest BCUT2D eigenvalue weighted by molar-refractivity contribution is 0.184. The zero-order valence-electron chi connectivity index (χ0n) is 17.2. The molecule has 1 atom stereocenters. The highest BCUT2D eigenvalue weighted by molar-refractivity contribution is 6.31. The number of hydrogen-bond donors (Lipinski definition) is 0. The highest BCUT2D eigenvalue weighted by Gasteiger charge is 2.20. The lowest BCUT2D eigenvalue weighted by Crippen LogP contribution is -2.17. The van der Waals surface area contributed by atoms with Crippen molar-refractivity contribution >= 4 is 22.6 Å². The molecule has 0 N–H and O–H groups in total. The molecule has 1 aromatic heterocycles. The number of para-hydroxylation sites is 3. The molecule has 1 unspecified atom stereocenters. The lowest BCUT2D eigenvalue weighted by atomic mass is 10.2. The second-order valence-electron chi connectivity index (χ2n) is 7.20. The van der Waals surface area contributed by atoms with Crippen molar-refractivity contribution in [3.8, 4) is 11.5 Å². The molecule has 4 nitrogen and oxygen atoms in total. The predicted molar refractivity (Wildman–Crippen MR) is 122 cm³/mol. The Bertz CT molecular complexity index is 1120. The summed E-state index contributed by atoms with van der Waals surface area (Å²) in [6.45, 7) is 5.29. The van der Waals surface area contributed by atoms with E-state index in [0.717, 1.165) is 45.4 Å². The van der Waals surface area contributed by atoms with Crippen molar-refractivity contribution in [2.24, 2.45) is 0 Å². The van der Waals surface area contributed by atoms with Gasteiger partial charge < -0.3 is 14.0 Å². The van der Waals surface area contributed by atoms with Crippen LogP contribution in [0.4, 0.5) is 0 Å². The monoisotopic (exact) mass is 420 g/mol. The van der Waals surface area contributed by atoms with Gasteiger partial charge in [-0.3, -0.25) is 0 Å². The standard InChI is InChI=1S/C25H25ClN2O2/c1-3-24(30-19-9-5-4-6-10-19)25-27-22-11-7-8-12-23(22)28(25)15-16-29-20-13-14-21(26)18(2)17-20/h4-14,17,24H,3,15-16H2,1-2H3. The number of halogens is 1. The van der Waals surface area contributed by atoms with Crippen molar-refractivity contribution in [1.29, 1.82) is 0 Å². The maximum absolute atomic E-state index is 6.27. The number of nitrogens with zero attached hydrogens (tertiary/aromatic N) is 2. The van der Waals surface area contributed by atoms with Gasteiger partial charge in [0.1, 0.15) is 18.1 Å². The van der Waals surface area contributed by atoms with Gasteiger partial charge in [0, 0.05) is 5.02 Å². The van der Waals surface area contributed by atoms with Gasteiger partial charge in [0.25, 0.3) is 0 Å². The van der Waals surface area contributed by atoms with Gasteiger partial charge in [0.15, 0.2) is 11.9 Å². The van der Waals surface area contributed by atoms with Crippen molar-refractivity contribution in [2.75, 3.05) is 6.61 Å². The summed E-state index contributed by atoms with van der Waals surface area (Å²) in [6, 6.07) is 23.8. The summed E-state index contributed by atoms with van der Waals surface area (Å²) in [6.07, 6.45) is 0.674. The average molecular weight is 421 g/mol. The summed E-state index contributed by atoms with van der Waals surface area (Å²) < 4.78 is 14.5. The van der Waals surface area contributed by atoms with Crippen molar-refractivity contribution < 1.29 is 9.47 Å². The van der Waals surface area contributed by atoms with Gasteiger partial charge in [-0.05, 0) is 61.4 Å². The SMILES string of the molecule is CCC(Oc1ccccc1)c1nc2ccccc2n1CCOc1ccc(Cl)c(C)c1. The van der Waals surface area contributed by atoms with E-state index >= 15 is 0 Å². The Balaban J connectivity index is 1.58. The fourth-order valence-electron chi connectivity index (χ4n) is 3.52. The van der Waals surface area contributed by atoms with E-state index in [1.807, 2.05) is 73.7 Å². The molecule has 4 aromatic rings. The van der Waals surface area contributed by atoms with Crippen LogP contribution >= 0.6 is 11.6 Å². The highest BCUT2D eigenvalue weighted by atomic mass is 35.5. The quantitative estimate of drug-likeness (QED) is 0.322. The molecule has 0 aliphatic carbocycles. The summed E-state index contributed by atoms with van der Waals surface area (Å²) in [5.74, 6) is 2.57. The number of fused-ring (bicyclic) bond motifs is 1. The maximum Gasteiger partial charge on any atom is 0.156 e. The first kappa shape index (κ1) is 20.3. The van der Waals surface area contributed by atoms with Crippen LogP contribution in [0.25, 0.3) is 11.0 Å². The van der Waals surface area contributed by atoms with Gasteiger partial charge in [0.05, 0.1) is 17.6 Å². The van der Waals surface area contributed by atoms with Crippen molar-refractivity contribution in [3.05, 3.63) is 89.2 Å². The Hall–Kier alpha value is -2.98. The number of aromatic nitrogens is 2. The second kappa shape index (κ2) is 9.23. The molecule has 3 aromatic carbocycles. The van der Waals surface area contributed by atoms with Gasteiger partial charge in [-0.25, -0.2) is 4.98 Å². The molecule has 0 saturated carbocycles. The highest BCUT2D eigenvalue weighted by Crippen LogP contribution is 2.28. The molecule has 30 heavy (non-hydrogen) atoms. The number of aryl methyl sites for hydroxylation is 1. The molecule has 1 heterocycles. The van der Waals surface area contributed by atoms with E-state index < -0.39 is 0 Å². The second-order valence-corrected chi connectivity index (χ2v) is 7.60. The van der Waals surface area contributed by atoms with Crippen LogP contribution in [0.2, 0.25) is 5.02 Å². The van der Waals surface area contributed by atoms with Crippen LogP contribution in [-0.2, 0) is 6.54 Å². The summed E-state index contributed by atoms with van der Waals surface area (Å²) in [5.41, 5.74) is 3.05. The zero-order valence-corrected chi connectivity index (χ0v) is 18.0. The van der Waals surface area contributed by atoms with Crippen LogP contribution in [0.15, 0.2) is 72.8 Å². The Morgan fingerprint density at radius 2 is 1.73 bits per heavy atom. The minimum Gasteiger partial charge on any atom is -0.492 e. The van der Waals surface area contributed by atoms with Gasteiger partial charge in [-0.15, -0.1) is 0 Å². The summed E-state index contributed by atoms with van der Waals surface area (Å²) in [7, 11) is 0. The zero-order chi connectivity index (χ0) is 20.9. The first-order chi connectivity index (χ1) is 14.7. The first-order valence-corrected chi connectivity index (χ1v) is 10.6. The van der Waals surface area contributed by atoms with E-state index in [4.69, 9.17) is 26.1 Å². The van der Waals surface area contributed by atoms with E-state index in [1.165, 1.54) is 0 Å². The van der Waals surface area contributed by atoms with E-state index in [0.29, 0.717) is 13.2 Å². The van der Waals surface area contributed by atoms with E-state index in [1.54, 1.807) is 0 Å². The lowest BCUT2D eigenvalue weighted by Gasteiger charge is -2.19. The Morgan fingerprint density at radius 1 is 0.967 bits per heavy atom. The average Bonchev–Trinajstić information content (AvgIpc) is 3.14. The Kier molecular flexibility index (Phi) is 6.24. The number of ether oxygens (including phenoxy) is 2. The minimum absolute atomic E-state index is 0.141. The fourth-order valence-corrected chi connectivity index (χ4v) is 3.64. The molecule has 154 valence electrons. The summed E-state index contributed by atoms with van der Waals surface area (Å²) in [4.78, 5) is 4.90. The predicted octanol–water partition coefficient (Wildman–Crippen LogP) is 6.61. The largest absolute Gasteiger partial charge is 0.492 e. The number of hydrogen-bond acceptors (Lipinski definition) is 3. The minimum atomic E-state index is -0.141. The molecule has 4 rings (SSSR count). The topological polar surface area (TPSA) is 36.3 Å². The first-order valence-electron chi connectivity index (χ1n) is 10.2. The summed E-state index contributed by atoms with van der Waals surface area (Å²) >= 11 is 6.12. The van der Waals surface area contributed by atoms with Crippen molar-refractivity contribution in [3.63, 3.8) is 0 Å². The van der Waals surface area contributed by atoms with Crippen molar-refractivity contribution in [2.45, 2.75) is 32.9 Å². The molecular weight excluding hydrogens is 396 g/mol. The van der Waals surface area contributed by atoms with E-state index in [9.17, 15) is 0 Å². The third kappa shape index (κ3) is 4.44. The maximum atomic E-state index is 6.27. The van der Waals surface area contributed by atoms with E-state index in [2.05, 4.69) is 17.6 Å². The molecular formula is C25H25ClN2O2. The molecule has 0 radical (unpaired) electrons. The number of imidazole rings is 1. The van der Waals surface area contributed by atoms with Crippen LogP contribution in [0.1, 0.15) is 30.8 Å². The van der Waals surface area contributed by atoms with Crippen LogP contribution < -0.4 is 9.47 Å². The van der Waals surface area contributed by atoms with E-state index in [-0.39, 0.29) is 6.10 Å². The van der Waals surface area contributed by atoms with Gasteiger partial charge in [0.2, 0.25) is 0 Å². The van der Waals surface area contributed by atoms with Gasteiger partial charge in [-0.1, -0.05) is 48.9 Å². The normalized spacial score (nSPS) is 12.1. The van der Waals surface area contributed by atoms with Gasteiger partial charge >= 0.3 is 0 Å². The molecule has 0 amide bonds. The van der Waals surface area contributed by atoms with Gasteiger partial charge in [-0.2, -0.15) is 0 Å².